The second-order valence-corrected chi connectivity index (χ2v) is 7.58. The van der Waals surface area contributed by atoms with Gasteiger partial charge in [0.25, 0.3) is 0 Å². The van der Waals surface area contributed by atoms with E-state index in [9.17, 15) is 0 Å². The van der Waals surface area contributed by atoms with E-state index in [2.05, 4.69) is 79.0 Å². The second kappa shape index (κ2) is 14.1. The molecule has 1 aliphatic heterocycles. The molecule has 7 heteroatoms. The molecule has 3 rings (SSSR count). The number of hydrogen-bond acceptors (Lipinski definition) is 3. The van der Waals surface area contributed by atoms with Crippen LogP contribution in [0.4, 0.5) is 5.69 Å². The number of hydrogen-bond donors (Lipinski definition) is 0. The van der Waals surface area contributed by atoms with Crippen LogP contribution in [0.5, 0.6) is 0 Å². The van der Waals surface area contributed by atoms with Crippen LogP contribution >= 0.6 is 37.2 Å². The minimum absolute atomic E-state index is 0. The molecule has 2 aromatic carbocycles. The van der Waals surface area contributed by atoms with Crippen molar-refractivity contribution in [3.63, 3.8) is 0 Å². The Morgan fingerprint density at radius 2 is 1.53 bits per heavy atom. The topological polar surface area (TPSA) is 22.1 Å². The molecule has 2 aromatic rings. The van der Waals surface area contributed by atoms with Gasteiger partial charge in [0.2, 0.25) is 0 Å². The van der Waals surface area contributed by atoms with Crippen molar-refractivity contribution < 1.29 is 0 Å². The van der Waals surface area contributed by atoms with Crippen LogP contribution in [0, 0.1) is 0 Å². The van der Waals surface area contributed by atoms with Crippen molar-refractivity contribution in [2.45, 2.75) is 26.7 Å². The van der Waals surface area contributed by atoms with Gasteiger partial charge in [-0.25, -0.2) is 0 Å². The third kappa shape index (κ3) is 6.73. The number of amidine groups is 1. The van der Waals surface area contributed by atoms with E-state index in [1.807, 2.05) is 0 Å². The first-order chi connectivity index (χ1) is 13.2. The Hall–Kier alpha value is -1.04. The zero-order valence-corrected chi connectivity index (χ0v) is 21.1. The standard InChI is InChI=1S/C23H34N4.3ClH/c1-5-26(6-2)17-10-18-27-21-14-8-12-19-11-7-13-20(22(19)21)23(27)24-15-9-16-25(3)4;;;/h7-8,11-14H,5-6,9-10,15-18H2,1-4H3;3*1H/b24-23-;;;. The zero-order valence-electron chi connectivity index (χ0n) is 18.6. The van der Waals surface area contributed by atoms with Crippen LogP contribution in [-0.4, -0.2) is 69.0 Å². The van der Waals surface area contributed by atoms with E-state index in [-0.39, 0.29) is 37.2 Å². The molecule has 170 valence electrons. The molecule has 0 unspecified atom stereocenters. The Labute approximate surface area is 200 Å². The van der Waals surface area contributed by atoms with Gasteiger partial charge in [0.15, 0.2) is 0 Å². The van der Waals surface area contributed by atoms with Gasteiger partial charge in [0.1, 0.15) is 5.84 Å². The van der Waals surface area contributed by atoms with E-state index in [1.54, 1.807) is 0 Å². The predicted octanol–water partition coefficient (Wildman–Crippen LogP) is 5.36. The molecule has 0 amide bonds. The predicted molar refractivity (Wildman–Crippen MR) is 140 cm³/mol. The van der Waals surface area contributed by atoms with Crippen molar-refractivity contribution in [1.82, 2.24) is 9.80 Å². The van der Waals surface area contributed by atoms with E-state index >= 15 is 0 Å². The molecule has 0 aromatic heterocycles. The highest BCUT2D eigenvalue weighted by Gasteiger charge is 2.27. The summed E-state index contributed by atoms with van der Waals surface area (Å²) in [7, 11) is 4.25. The molecule has 30 heavy (non-hydrogen) atoms. The maximum absolute atomic E-state index is 5.06. The first-order valence-electron chi connectivity index (χ1n) is 10.4. The molecule has 0 saturated carbocycles. The molecule has 0 fully saturated rings. The number of benzene rings is 2. The van der Waals surface area contributed by atoms with Crippen LogP contribution in [0.3, 0.4) is 0 Å². The molecule has 0 aliphatic carbocycles. The summed E-state index contributed by atoms with van der Waals surface area (Å²) in [5.74, 6) is 1.17. The molecular formula is C23H37Cl3N4. The van der Waals surface area contributed by atoms with Crippen molar-refractivity contribution >= 4 is 59.5 Å². The fourth-order valence-corrected chi connectivity index (χ4v) is 3.95. The summed E-state index contributed by atoms with van der Waals surface area (Å²) in [6.07, 6.45) is 2.25. The summed E-state index contributed by atoms with van der Waals surface area (Å²) in [5.41, 5.74) is 2.63. The second-order valence-electron chi connectivity index (χ2n) is 7.58. The molecule has 0 N–H and O–H groups in total. The molecule has 1 heterocycles. The SMILES string of the molecule is CCN(CC)CCCN1/C(=N\CCCN(C)C)c2cccc3cccc1c23.Cl.Cl.Cl. The van der Waals surface area contributed by atoms with Crippen LogP contribution in [0.25, 0.3) is 10.8 Å². The van der Waals surface area contributed by atoms with Crippen molar-refractivity contribution in [2.24, 2.45) is 4.99 Å². The number of halogens is 3. The summed E-state index contributed by atoms with van der Waals surface area (Å²) in [6, 6.07) is 13.3. The van der Waals surface area contributed by atoms with E-state index in [0.29, 0.717) is 0 Å². The summed E-state index contributed by atoms with van der Waals surface area (Å²) < 4.78 is 0. The smallest absolute Gasteiger partial charge is 0.136 e. The molecule has 0 atom stereocenters. The van der Waals surface area contributed by atoms with Gasteiger partial charge in [-0.05, 0) is 64.6 Å². The molecule has 0 saturated heterocycles. The highest BCUT2D eigenvalue weighted by atomic mass is 35.5. The van der Waals surface area contributed by atoms with Crippen LogP contribution in [-0.2, 0) is 0 Å². The third-order valence-corrected chi connectivity index (χ3v) is 5.45. The van der Waals surface area contributed by atoms with Crippen molar-refractivity contribution in [3.8, 4) is 0 Å². The lowest BCUT2D eigenvalue weighted by molar-refractivity contribution is 0.302. The summed E-state index contributed by atoms with van der Waals surface area (Å²) >= 11 is 0. The van der Waals surface area contributed by atoms with Gasteiger partial charge >= 0.3 is 0 Å². The molecule has 0 bridgehead atoms. The minimum Gasteiger partial charge on any atom is -0.326 e. The summed E-state index contributed by atoms with van der Waals surface area (Å²) in [4.78, 5) is 12.2. The average molecular weight is 476 g/mol. The Morgan fingerprint density at radius 3 is 2.17 bits per heavy atom. The van der Waals surface area contributed by atoms with Crippen LogP contribution in [0.15, 0.2) is 41.4 Å². The third-order valence-electron chi connectivity index (χ3n) is 5.45. The fraction of sp³-hybridized carbons (Fsp3) is 0.522. The molecule has 0 spiro atoms. The van der Waals surface area contributed by atoms with E-state index in [4.69, 9.17) is 4.99 Å². The van der Waals surface area contributed by atoms with Crippen molar-refractivity contribution in [1.29, 1.82) is 0 Å². The van der Waals surface area contributed by atoms with E-state index in [0.717, 1.165) is 52.1 Å². The molecule has 1 aliphatic rings. The van der Waals surface area contributed by atoms with Crippen LogP contribution in [0.2, 0.25) is 0 Å². The lowest BCUT2D eigenvalue weighted by Gasteiger charge is -2.24. The Bertz CT molecular complexity index is 786. The Morgan fingerprint density at radius 1 is 0.867 bits per heavy atom. The average Bonchev–Trinajstić information content (AvgIpc) is 2.97. The van der Waals surface area contributed by atoms with Crippen LogP contribution < -0.4 is 4.90 Å². The number of aliphatic imine (C=N–C) groups is 1. The van der Waals surface area contributed by atoms with Gasteiger partial charge in [-0.15, -0.1) is 37.2 Å². The summed E-state index contributed by atoms with van der Waals surface area (Å²) in [5, 5.41) is 2.69. The van der Waals surface area contributed by atoms with Crippen LogP contribution in [0.1, 0.15) is 32.3 Å². The molecule has 4 nitrogen and oxygen atoms in total. The molecule has 0 radical (unpaired) electrons. The maximum Gasteiger partial charge on any atom is 0.136 e. The van der Waals surface area contributed by atoms with Gasteiger partial charge in [0, 0.05) is 24.0 Å². The summed E-state index contributed by atoms with van der Waals surface area (Å²) in [6.45, 7) is 10.9. The lowest BCUT2D eigenvalue weighted by atomic mass is 10.1. The first-order valence-corrected chi connectivity index (χ1v) is 10.4. The highest BCUT2D eigenvalue weighted by Crippen LogP contribution is 2.37. The fourth-order valence-electron chi connectivity index (χ4n) is 3.95. The number of rotatable bonds is 10. The first kappa shape index (κ1) is 29.0. The van der Waals surface area contributed by atoms with Crippen molar-refractivity contribution in [2.75, 3.05) is 58.3 Å². The van der Waals surface area contributed by atoms with Gasteiger partial charge in [-0.1, -0.05) is 44.2 Å². The van der Waals surface area contributed by atoms with Gasteiger partial charge < -0.3 is 14.7 Å². The van der Waals surface area contributed by atoms with E-state index in [1.165, 1.54) is 27.9 Å². The van der Waals surface area contributed by atoms with Gasteiger partial charge in [-0.3, -0.25) is 4.99 Å². The largest absolute Gasteiger partial charge is 0.326 e. The number of nitrogens with zero attached hydrogens (tertiary/aromatic N) is 4. The number of anilines is 1. The quantitative estimate of drug-likeness (QED) is 0.432. The van der Waals surface area contributed by atoms with Crippen molar-refractivity contribution in [3.05, 3.63) is 42.0 Å². The van der Waals surface area contributed by atoms with E-state index < -0.39 is 0 Å². The molecular weight excluding hydrogens is 439 g/mol. The minimum atomic E-state index is 0. The Kier molecular flexibility index (Phi) is 13.6. The Balaban J connectivity index is 0.00000280. The normalized spacial score (nSPS) is 13.5. The highest BCUT2D eigenvalue weighted by molar-refractivity contribution is 6.27. The van der Waals surface area contributed by atoms with Gasteiger partial charge in [-0.2, -0.15) is 0 Å². The monoisotopic (exact) mass is 474 g/mol. The maximum atomic E-state index is 5.06. The van der Waals surface area contributed by atoms with Gasteiger partial charge in [0.05, 0.1) is 5.69 Å². The zero-order chi connectivity index (χ0) is 19.2. The lowest BCUT2D eigenvalue weighted by Crippen LogP contribution is -2.32.